The molecular weight excluding hydrogens is 384 g/mol. The van der Waals surface area contributed by atoms with E-state index in [0.717, 1.165) is 28.9 Å². The molecular formula is C27H26N2O2. The molecule has 3 aromatic carbocycles. The normalized spacial score (nSPS) is 14.1. The smallest absolute Gasteiger partial charge is 0.254 e. The number of fused-ring (bicyclic) bond motifs is 1. The Balaban J connectivity index is 1.69. The second kappa shape index (κ2) is 9.00. The molecule has 4 heteroatoms. The van der Waals surface area contributed by atoms with E-state index in [0.29, 0.717) is 12.1 Å². The van der Waals surface area contributed by atoms with E-state index >= 15 is 0 Å². The molecule has 0 spiro atoms. The lowest BCUT2D eigenvalue weighted by Gasteiger charge is -2.34. The van der Waals surface area contributed by atoms with Gasteiger partial charge in [-0.2, -0.15) is 0 Å². The van der Waals surface area contributed by atoms with Gasteiger partial charge >= 0.3 is 0 Å². The zero-order chi connectivity index (χ0) is 21.8. The summed E-state index contributed by atoms with van der Waals surface area (Å²) in [6, 6.07) is 26.9. The molecule has 0 aliphatic carbocycles. The number of carbonyl (C=O) groups is 2. The number of hydrogen-bond acceptors (Lipinski definition) is 3. The molecule has 0 bridgehead atoms. The first-order chi connectivity index (χ1) is 15.0. The number of allylic oxidation sites excluding steroid dienone is 1. The van der Waals surface area contributed by atoms with E-state index in [1.165, 1.54) is 12.5 Å². The van der Waals surface area contributed by atoms with E-state index in [-0.39, 0.29) is 11.7 Å². The highest BCUT2D eigenvalue weighted by molar-refractivity contribution is 6.21. The van der Waals surface area contributed by atoms with Crippen molar-refractivity contribution in [3.05, 3.63) is 113 Å². The third-order valence-electron chi connectivity index (χ3n) is 5.74. The van der Waals surface area contributed by atoms with Crippen LogP contribution in [0.25, 0.3) is 5.57 Å². The Labute approximate surface area is 183 Å². The summed E-state index contributed by atoms with van der Waals surface area (Å²) in [5, 5.41) is 2.99. The Bertz CT molecular complexity index is 1120. The molecule has 1 amide bonds. The third-order valence-corrected chi connectivity index (χ3v) is 5.74. The van der Waals surface area contributed by atoms with Crippen molar-refractivity contribution in [1.82, 2.24) is 10.2 Å². The summed E-state index contributed by atoms with van der Waals surface area (Å²) >= 11 is 0. The van der Waals surface area contributed by atoms with Gasteiger partial charge in [-0.3, -0.25) is 9.59 Å². The van der Waals surface area contributed by atoms with Crippen molar-refractivity contribution in [2.75, 3.05) is 0 Å². The van der Waals surface area contributed by atoms with Crippen molar-refractivity contribution < 1.29 is 9.59 Å². The van der Waals surface area contributed by atoms with Crippen LogP contribution in [0.5, 0.6) is 0 Å². The number of nitrogens with zero attached hydrogens (tertiary/aromatic N) is 1. The number of benzene rings is 3. The van der Waals surface area contributed by atoms with E-state index in [4.69, 9.17) is 0 Å². The van der Waals surface area contributed by atoms with Gasteiger partial charge in [0, 0.05) is 18.8 Å². The van der Waals surface area contributed by atoms with E-state index in [9.17, 15) is 9.59 Å². The maximum atomic E-state index is 13.5. The molecule has 3 aromatic rings. The van der Waals surface area contributed by atoms with Gasteiger partial charge in [-0.1, -0.05) is 84.9 Å². The van der Waals surface area contributed by atoms with E-state index < -0.39 is 6.04 Å². The Morgan fingerprint density at radius 3 is 2.19 bits per heavy atom. The fourth-order valence-corrected chi connectivity index (χ4v) is 4.11. The van der Waals surface area contributed by atoms with E-state index in [1.54, 1.807) is 0 Å². The van der Waals surface area contributed by atoms with Crippen molar-refractivity contribution in [2.24, 2.45) is 0 Å². The summed E-state index contributed by atoms with van der Waals surface area (Å²) in [6.45, 7) is 4.95. The first-order valence-corrected chi connectivity index (χ1v) is 10.5. The summed E-state index contributed by atoms with van der Waals surface area (Å²) < 4.78 is 0. The SMILES string of the molecule is CC(=O)[C@@H](NC(=O)C1=C(C)N(Cc2ccccc2)Cc2ccccc21)c1ccccc1. The molecule has 4 nitrogen and oxygen atoms in total. The Morgan fingerprint density at radius 2 is 1.52 bits per heavy atom. The molecule has 0 saturated carbocycles. The molecule has 4 rings (SSSR count). The van der Waals surface area contributed by atoms with Crippen LogP contribution in [0.4, 0.5) is 0 Å². The van der Waals surface area contributed by atoms with Crippen LogP contribution in [-0.4, -0.2) is 16.6 Å². The highest BCUT2D eigenvalue weighted by Crippen LogP contribution is 2.33. The standard InChI is InChI=1S/C27H26N2O2/c1-19-25(27(31)28-26(20(2)30)22-13-7-4-8-14-22)24-16-10-9-15-23(24)18-29(19)17-21-11-5-3-6-12-21/h3-16,26H,17-18H2,1-2H3,(H,28,31)/t26-/m1/s1. The second-order valence-corrected chi connectivity index (χ2v) is 7.89. The average molecular weight is 411 g/mol. The van der Waals surface area contributed by atoms with E-state index in [1.807, 2.05) is 73.7 Å². The minimum atomic E-state index is -0.675. The van der Waals surface area contributed by atoms with Gasteiger partial charge < -0.3 is 10.2 Å². The number of rotatable bonds is 6. The van der Waals surface area contributed by atoms with Crippen LogP contribution >= 0.6 is 0 Å². The number of ketones is 1. The van der Waals surface area contributed by atoms with Crippen molar-refractivity contribution in [3.63, 3.8) is 0 Å². The van der Waals surface area contributed by atoms with Crippen LogP contribution in [0.3, 0.4) is 0 Å². The Hall–Kier alpha value is -3.66. The van der Waals surface area contributed by atoms with Gasteiger partial charge in [0.1, 0.15) is 6.04 Å². The molecule has 0 aromatic heterocycles. The number of nitrogens with one attached hydrogen (secondary N) is 1. The quantitative estimate of drug-likeness (QED) is 0.630. The van der Waals surface area contributed by atoms with Crippen molar-refractivity contribution in [3.8, 4) is 0 Å². The number of amides is 1. The first-order valence-electron chi connectivity index (χ1n) is 10.5. The first kappa shape index (κ1) is 20.6. The molecule has 1 N–H and O–H groups in total. The zero-order valence-corrected chi connectivity index (χ0v) is 17.8. The molecule has 0 saturated heterocycles. The minimum absolute atomic E-state index is 0.0944. The average Bonchev–Trinajstić information content (AvgIpc) is 2.79. The van der Waals surface area contributed by atoms with Crippen LogP contribution in [0.15, 0.2) is 90.6 Å². The predicted molar refractivity (Wildman–Crippen MR) is 123 cm³/mol. The molecule has 0 fully saturated rings. The van der Waals surface area contributed by atoms with Gasteiger partial charge in [-0.05, 0) is 36.1 Å². The summed E-state index contributed by atoms with van der Waals surface area (Å²) in [7, 11) is 0. The van der Waals surface area contributed by atoms with Gasteiger partial charge in [0.05, 0.1) is 5.57 Å². The second-order valence-electron chi connectivity index (χ2n) is 7.89. The molecule has 1 aliphatic heterocycles. The van der Waals surface area contributed by atoms with Crippen LogP contribution < -0.4 is 5.32 Å². The monoisotopic (exact) mass is 410 g/mol. The Morgan fingerprint density at radius 1 is 0.903 bits per heavy atom. The largest absolute Gasteiger partial charge is 0.366 e. The topological polar surface area (TPSA) is 49.4 Å². The van der Waals surface area contributed by atoms with Crippen molar-refractivity contribution in [2.45, 2.75) is 33.0 Å². The maximum absolute atomic E-state index is 13.5. The summed E-state index contributed by atoms with van der Waals surface area (Å²) in [5.41, 5.74) is 5.54. The van der Waals surface area contributed by atoms with Crippen LogP contribution in [-0.2, 0) is 22.7 Å². The molecule has 1 atom stereocenters. The lowest BCUT2D eigenvalue weighted by molar-refractivity contribution is -0.124. The summed E-state index contributed by atoms with van der Waals surface area (Å²) in [5.74, 6) is -0.324. The highest BCUT2D eigenvalue weighted by Gasteiger charge is 2.29. The summed E-state index contributed by atoms with van der Waals surface area (Å²) in [6.07, 6.45) is 0. The zero-order valence-electron chi connectivity index (χ0n) is 17.8. The van der Waals surface area contributed by atoms with Gasteiger partial charge in [-0.25, -0.2) is 0 Å². The van der Waals surface area contributed by atoms with Crippen LogP contribution in [0, 0.1) is 0 Å². The van der Waals surface area contributed by atoms with Gasteiger partial charge in [0.15, 0.2) is 5.78 Å². The fourth-order valence-electron chi connectivity index (χ4n) is 4.11. The van der Waals surface area contributed by atoms with Gasteiger partial charge in [0.25, 0.3) is 5.91 Å². The maximum Gasteiger partial charge on any atom is 0.254 e. The minimum Gasteiger partial charge on any atom is -0.366 e. The highest BCUT2D eigenvalue weighted by atomic mass is 16.2. The van der Waals surface area contributed by atoms with Gasteiger partial charge in [-0.15, -0.1) is 0 Å². The molecule has 1 heterocycles. The summed E-state index contributed by atoms with van der Waals surface area (Å²) in [4.78, 5) is 28.1. The van der Waals surface area contributed by atoms with Crippen LogP contribution in [0.1, 0.15) is 42.1 Å². The lowest BCUT2D eigenvalue weighted by atomic mass is 9.92. The number of hydrogen-bond donors (Lipinski definition) is 1. The van der Waals surface area contributed by atoms with Crippen molar-refractivity contribution in [1.29, 1.82) is 0 Å². The van der Waals surface area contributed by atoms with Gasteiger partial charge in [0.2, 0.25) is 0 Å². The fraction of sp³-hybridized carbons (Fsp3) is 0.185. The number of Topliss-reactive ketones (excluding diaryl/α,β-unsaturated/α-hetero) is 1. The third kappa shape index (κ3) is 4.43. The van der Waals surface area contributed by atoms with E-state index in [2.05, 4.69) is 28.4 Å². The lowest BCUT2D eigenvalue weighted by Crippen LogP contribution is -2.36. The van der Waals surface area contributed by atoms with Crippen LogP contribution in [0.2, 0.25) is 0 Å². The molecule has 156 valence electrons. The predicted octanol–water partition coefficient (Wildman–Crippen LogP) is 4.88. The van der Waals surface area contributed by atoms with Crippen molar-refractivity contribution >= 4 is 17.3 Å². The number of carbonyl (C=O) groups excluding carboxylic acids is 2. The Kier molecular flexibility index (Phi) is 5.99. The molecule has 0 unspecified atom stereocenters. The molecule has 0 radical (unpaired) electrons. The molecule has 1 aliphatic rings. The molecule has 31 heavy (non-hydrogen) atoms.